The highest BCUT2D eigenvalue weighted by Crippen LogP contribution is 2.30. The number of ether oxygens (including phenoxy) is 1. The van der Waals surface area contributed by atoms with E-state index in [0.717, 1.165) is 12.8 Å². The monoisotopic (exact) mass is 351 g/mol. The Morgan fingerprint density at radius 3 is 2.32 bits per heavy atom. The molecule has 2 fully saturated rings. The smallest absolute Gasteiger partial charge is 0.408 e. The van der Waals surface area contributed by atoms with Gasteiger partial charge >= 0.3 is 6.09 Å². The van der Waals surface area contributed by atoms with Crippen LogP contribution in [-0.4, -0.2) is 54.1 Å². The molecule has 0 aromatic heterocycles. The number of allylic oxidation sites excluding steroid dienone is 1. The van der Waals surface area contributed by atoms with Crippen molar-refractivity contribution < 1.29 is 19.1 Å². The van der Waals surface area contributed by atoms with E-state index in [1.54, 1.807) is 26.8 Å². The Balaban J connectivity index is 1.63. The van der Waals surface area contributed by atoms with E-state index in [0.29, 0.717) is 19.0 Å². The van der Waals surface area contributed by atoms with E-state index in [1.807, 2.05) is 11.0 Å². The van der Waals surface area contributed by atoms with E-state index in [4.69, 9.17) is 4.74 Å². The average molecular weight is 351 g/mol. The molecule has 1 aliphatic carbocycles. The van der Waals surface area contributed by atoms with Crippen LogP contribution in [0.5, 0.6) is 0 Å². The van der Waals surface area contributed by atoms with Gasteiger partial charge in [-0.2, -0.15) is 0 Å². The van der Waals surface area contributed by atoms with Gasteiger partial charge in [0.15, 0.2) is 0 Å². The Kier molecular flexibility index (Phi) is 6.45. The quantitative estimate of drug-likeness (QED) is 0.736. The zero-order chi connectivity index (χ0) is 18.4. The van der Waals surface area contributed by atoms with Gasteiger partial charge in [0, 0.05) is 19.1 Å². The van der Waals surface area contributed by atoms with Crippen LogP contribution in [-0.2, 0) is 14.3 Å². The molecule has 2 rings (SSSR count). The molecule has 7 nitrogen and oxygen atoms in total. The number of carbonyl (C=O) groups excluding carboxylic acids is 3. The molecule has 0 atom stereocenters. The molecule has 25 heavy (non-hydrogen) atoms. The number of rotatable bonds is 5. The summed E-state index contributed by atoms with van der Waals surface area (Å²) in [5.74, 6) is 0.408. The molecule has 0 spiro atoms. The van der Waals surface area contributed by atoms with Gasteiger partial charge in [-0.15, -0.1) is 0 Å². The number of carbonyl (C=O) groups is 3. The summed E-state index contributed by atoms with van der Waals surface area (Å²) in [4.78, 5) is 37.3. The van der Waals surface area contributed by atoms with E-state index in [1.165, 1.54) is 12.8 Å². The van der Waals surface area contributed by atoms with Crippen molar-refractivity contribution in [2.75, 3.05) is 19.6 Å². The summed E-state index contributed by atoms with van der Waals surface area (Å²) in [5, 5.41) is 5.33. The van der Waals surface area contributed by atoms with Crippen molar-refractivity contribution in [2.24, 2.45) is 5.92 Å². The third kappa shape index (κ3) is 7.58. The standard InChI is InChI=1S/C18H29N3O4/c1-18(2,3)25-17(24)19-12-15(22)20-14-8-10-21(11-9-14)16(23)7-6-13-4-5-13/h6-7,13-14H,4-5,8-12H2,1-3H3,(H,19,24)(H,20,22)/b7-6+. The number of nitrogens with one attached hydrogen (secondary N) is 2. The lowest BCUT2D eigenvalue weighted by Crippen LogP contribution is -2.48. The summed E-state index contributed by atoms with van der Waals surface area (Å²) in [7, 11) is 0. The lowest BCUT2D eigenvalue weighted by Gasteiger charge is -2.31. The van der Waals surface area contributed by atoms with Gasteiger partial charge in [0.05, 0.1) is 0 Å². The Morgan fingerprint density at radius 1 is 1.12 bits per heavy atom. The van der Waals surface area contributed by atoms with E-state index >= 15 is 0 Å². The van der Waals surface area contributed by atoms with Gasteiger partial charge in [-0.3, -0.25) is 9.59 Å². The topological polar surface area (TPSA) is 87.7 Å². The summed E-state index contributed by atoms with van der Waals surface area (Å²) in [5.41, 5.74) is -0.589. The maximum atomic E-state index is 12.0. The van der Waals surface area contributed by atoms with Crippen molar-refractivity contribution in [1.29, 1.82) is 0 Å². The zero-order valence-corrected chi connectivity index (χ0v) is 15.3. The second-order valence-corrected chi connectivity index (χ2v) is 7.72. The lowest BCUT2D eigenvalue weighted by molar-refractivity contribution is -0.127. The Hall–Kier alpha value is -2.05. The number of hydrogen-bond donors (Lipinski definition) is 2. The maximum absolute atomic E-state index is 12.0. The minimum Gasteiger partial charge on any atom is -0.444 e. The van der Waals surface area contributed by atoms with Crippen molar-refractivity contribution in [3.63, 3.8) is 0 Å². The van der Waals surface area contributed by atoms with E-state index in [-0.39, 0.29) is 24.4 Å². The molecule has 1 heterocycles. The minimum absolute atomic E-state index is 0.0319. The maximum Gasteiger partial charge on any atom is 0.408 e. The van der Waals surface area contributed by atoms with Crippen LogP contribution in [0.1, 0.15) is 46.5 Å². The van der Waals surface area contributed by atoms with Gasteiger partial charge in [0.2, 0.25) is 11.8 Å². The van der Waals surface area contributed by atoms with E-state index < -0.39 is 11.7 Å². The van der Waals surface area contributed by atoms with Crippen LogP contribution in [0.3, 0.4) is 0 Å². The molecule has 140 valence electrons. The Morgan fingerprint density at radius 2 is 1.76 bits per heavy atom. The van der Waals surface area contributed by atoms with Gasteiger partial charge in [0.1, 0.15) is 12.1 Å². The number of hydrogen-bond acceptors (Lipinski definition) is 4. The Bertz CT molecular complexity index is 527. The number of likely N-dealkylation sites (tertiary alicyclic amines) is 1. The van der Waals surface area contributed by atoms with Crippen LogP contribution in [0.25, 0.3) is 0 Å². The van der Waals surface area contributed by atoms with Crippen molar-refractivity contribution in [3.8, 4) is 0 Å². The van der Waals surface area contributed by atoms with E-state index in [2.05, 4.69) is 10.6 Å². The van der Waals surface area contributed by atoms with Crippen molar-refractivity contribution >= 4 is 17.9 Å². The molecule has 1 saturated heterocycles. The summed E-state index contributed by atoms with van der Waals surface area (Å²) in [6.45, 7) is 6.46. The predicted molar refractivity (Wildman–Crippen MR) is 93.8 cm³/mol. The highest BCUT2D eigenvalue weighted by Gasteiger charge is 2.24. The van der Waals surface area contributed by atoms with Crippen LogP contribution >= 0.6 is 0 Å². The van der Waals surface area contributed by atoms with Crippen LogP contribution in [0, 0.1) is 5.92 Å². The second kappa shape index (κ2) is 8.36. The molecule has 1 aliphatic heterocycles. The zero-order valence-electron chi connectivity index (χ0n) is 15.3. The summed E-state index contributed by atoms with van der Waals surface area (Å²) >= 11 is 0. The van der Waals surface area contributed by atoms with Crippen LogP contribution in [0.4, 0.5) is 4.79 Å². The third-order valence-corrected chi connectivity index (χ3v) is 4.10. The van der Waals surface area contributed by atoms with Gasteiger partial charge in [-0.05, 0) is 58.4 Å². The van der Waals surface area contributed by atoms with Gasteiger partial charge in [0.25, 0.3) is 0 Å². The first kappa shape index (κ1) is 19.3. The minimum atomic E-state index is -0.606. The third-order valence-electron chi connectivity index (χ3n) is 4.10. The molecular weight excluding hydrogens is 322 g/mol. The second-order valence-electron chi connectivity index (χ2n) is 7.72. The lowest BCUT2D eigenvalue weighted by atomic mass is 10.0. The van der Waals surface area contributed by atoms with Gasteiger partial charge in [-0.1, -0.05) is 6.08 Å². The fourth-order valence-corrected chi connectivity index (χ4v) is 2.60. The molecule has 7 heteroatoms. The fourth-order valence-electron chi connectivity index (χ4n) is 2.60. The summed E-state index contributed by atoms with van der Waals surface area (Å²) < 4.78 is 5.08. The van der Waals surface area contributed by atoms with Crippen molar-refractivity contribution in [2.45, 2.75) is 58.1 Å². The highest BCUT2D eigenvalue weighted by atomic mass is 16.6. The SMILES string of the molecule is CC(C)(C)OC(=O)NCC(=O)NC1CCN(C(=O)/C=C/C2CC2)CC1. The number of piperidine rings is 1. The fraction of sp³-hybridized carbons (Fsp3) is 0.722. The first-order valence-electron chi connectivity index (χ1n) is 8.96. The first-order valence-corrected chi connectivity index (χ1v) is 8.96. The average Bonchev–Trinajstić information content (AvgIpc) is 3.34. The molecule has 2 N–H and O–H groups in total. The van der Waals surface area contributed by atoms with Crippen LogP contribution in [0.15, 0.2) is 12.2 Å². The summed E-state index contributed by atoms with van der Waals surface area (Å²) in [6, 6.07) is 0.0319. The predicted octanol–water partition coefficient (Wildman–Crippen LogP) is 1.58. The Labute approximate surface area is 149 Å². The van der Waals surface area contributed by atoms with Crippen molar-refractivity contribution in [1.82, 2.24) is 15.5 Å². The molecule has 1 saturated carbocycles. The van der Waals surface area contributed by atoms with Gasteiger partial charge in [-0.25, -0.2) is 4.79 Å². The van der Waals surface area contributed by atoms with Crippen molar-refractivity contribution in [3.05, 3.63) is 12.2 Å². The van der Waals surface area contributed by atoms with E-state index in [9.17, 15) is 14.4 Å². The molecule has 3 amide bonds. The van der Waals surface area contributed by atoms with Gasteiger partial charge < -0.3 is 20.3 Å². The molecule has 0 radical (unpaired) electrons. The summed E-state index contributed by atoms with van der Waals surface area (Å²) in [6.07, 6.45) is 6.90. The molecule has 0 aromatic rings. The number of alkyl carbamates (subject to hydrolysis) is 1. The molecular formula is C18H29N3O4. The van der Waals surface area contributed by atoms with Crippen LogP contribution in [0.2, 0.25) is 0 Å². The largest absolute Gasteiger partial charge is 0.444 e. The molecule has 0 unspecified atom stereocenters. The molecule has 0 aromatic carbocycles. The molecule has 0 bridgehead atoms. The normalized spacial score (nSPS) is 18.9. The van der Waals surface area contributed by atoms with Crippen LogP contribution < -0.4 is 10.6 Å². The number of nitrogens with zero attached hydrogens (tertiary/aromatic N) is 1. The number of amides is 3. The molecule has 2 aliphatic rings. The first-order chi connectivity index (χ1) is 11.7. The highest BCUT2D eigenvalue weighted by molar-refractivity contribution is 5.87.